The molecule has 0 aromatic carbocycles. The predicted molar refractivity (Wildman–Crippen MR) is 141 cm³/mol. The van der Waals surface area contributed by atoms with Crippen molar-refractivity contribution < 1.29 is 39.1 Å². The van der Waals surface area contributed by atoms with Gasteiger partial charge in [0.05, 0.1) is 31.3 Å². The van der Waals surface area contributed by atoms with E-state index in [2.05, 4.69) is 10.6 Å². The largest absolute Gasteiger partial charge is 0.467 e. The number of carbonyl (C=O) groups is 1. The summed E-state index contributed by atoms with van der Waals surface area (Å²) in [4.78, 5) is 11.4. The fraction of sp³-hybridized carbons (Fsp3) is 0.885. The van der Waals surface area contributed by atoms with Crippen molar-refractivity contribution in [1.82, 2.24) is 10.6 Å². The summed E-state index contributed by atoms with van der Waals surface area (Å²) < 4.78 is 24.0. The molecule has 13 heteroatoms. The van der Waals surface area contributed by atoms with Crippen molar-refractivity contribution in [3.8, 4) is 0 Å². The number of rotatable bonds is 11. The van der Waals surface area contributed by atoms with Gasteiger partial charge in [0.15, 0.2) is 6.29 Å². The van der Waals surface area contributed by atoms with Crippen molar-refractivity contribution in [3.63, 3.8) is 0 Å². The second-order valence-corrected chi connectivity index (χ2v) is 11.8. The zero-order valence-electron chi connectivity index (χ0n) is 22.9. The van der Waals surface area contributed by atoms with Crippen LogP contribution in [-0.2, 0) is 23.7 Å². The van der Waals surface area contributed by atoms with E-state index in [0.717, 1.165) is 25.7 Å². The second-order valence-electron chi connectivity index (χ2n) is 11.8. The predicted octanol–water partition coefficient (Wildman–Crippen LogP) is -2.61. The highest BCUT2D eigenvalue weighted by atomic mass is 16.7. The van der Waals surface area contributed by atoms with Crippen LogP contribution in [0.25, 0.3) is 0 Å². The number of carbonyl (C=O) groups excluding carboxylic acids is 1. The minimum absolute atomic E-state index is 0.0949. The topological polar surface area (TPSA) is 217 Å². The molecule has 13 nitrogen and oxygen atoms in total. The summed E-state index contributed by atoms with van der Waals surface area (Å²) in [5.41, 5.74) is 17.3. The number of aliphatic hydroxyl groups excluding tert-OH is 2. The van der Waals surface area contributed by atoms with Crippen LogP contribution in [0.15, 0.2) is 11.8 Å². The Morgan fingerprint density at radius 3 is 2.49 bits per heavy atom. The standard InChI is InChI=1S/C26H47N5O8/c1-26(35)12-36-25(20(34)23(26)30-2)38-21-14(5-6-32)9-18(29)22(19(21)33)39-24-17(28)4-3-16(37-24)11-31-10-13-7-15(27)8-13/h3,6,13-15,17-25,30-31,33-35H,4-5,7-12,27-29H2,1-2H3/t13?,14-,15?,17-,18+,19-,20-,21+,22?,23-,24-,25-,26+/m1/s1. The summed E-state index contributed by atoms with van der Waals surface area (Å²) in [5, 5.41) is 39.1. The molecule has 0 radical (unpaired) electrons. The van der Waals surface area contributed by atoms with Crippen LogP contribution in [-0.4, -0.2) is 115 Å². The molecular formula is C26H47N5O8. The third-order valence-electron chi connectivity index (χ3n) is 8.50. The quantitative estimate of drug-likeness (QED) is 0.122. The SMILES string of the molecule is CN[C@@H]1[C@@H](O)[C@@H](O[C@H]2[C@H](CC=O)C[C@H](N)C(O[C@H]3OC(CNCC4CC(N)C4)=CC[C@H]3N)[C@@H]2O)OC[C@]1(C)O. The Morgan fingerprint density at radius 2 is 1.82 bits per heavy atom. The van der Waals surface area contributed by atoms with Gasteiger partial charge in [-0.2, -0.15) is 0 Å². The monoisotopic (exact) mass is 557 g/mol. The van der Waals surface area contributed by atoms with Gasteiger partial charge in [0, 0.05) is 18.5 Å². The van der Waals surface area contributed by atoms with Gasteiger partial charge in [0.25, 0.3) is 0 Å². The van der Waals surface area contributed by atoms with E-state index in [1.807, 2.05) is 6.08 Å². The third-order valence-corrected chi connectivity index (χ3v) is 8.50. The van der Waals surface area contributed by atoms with E-state index < -0.39 is 66.6 Å². The summed E-state index contributed by atoms with van der Waals surface area (Å²) in [6, 6.07) is -1.51. The Kier molecular flexibility index (Phi) is 10.4. The van der Waals surface area contributed by atoms with Gasteiger partial charge in [-0.1, -0.05) is 0 Å². The second kappa shape index (κ2) is 13.2. The van der Waals surface area contributed by atoms with Crippen molar-refractivity contribution in [2.45, 2.75) is 106 Å². The van der Waals surface area contributed by atoms with Crippen LogP contribution >= 0.6 is 0 Å². The molecule has 11 atom stereocenters. The summed E-state index contributed by atoms with van der Waals surface area (Å²) in [6.07, 6.45) is -0.602. The molecule has 2 aliphatic carbocycles. The molecular weight excluding hydrogens is 510 g/mol. The molecule has 0 aromatic heterocycles. The zero-order chi connectivity index (χ0) is 28.3. The molecule has 1 unspecified atom stereocenters. The van der Waals surface area contributed by atoms with Gasteiger partial charge in [-0.3, -0.25) is 0 Å². The van der Waals surface area contributed by atoms with Crippen molar-refractivity contribution in [2.24, 2.45) is 29.0 Å². The van der Waals surface area contributed by atoms with Crippen molar-refractivity contribution >= 4 is 6.29 Å². The van der Waals surface area contributed by atoms with Gasteiger partial charge >= 0.3 is 0 Å². The highest BCUT2D eigenvalue weighted by Crippen LogP contribution is 2.35. The number of hydrogen-bond donors (Lipinski definition) is 8. The van der Waals surface area contributed by atoms with Crippen LogP contribution in [0.5, 0.6) is 0 Å². The lowest BCUT2D eigenvalue weighted by atomic mass is 9.78. The minimum atomic E-state index is -1.32. The normalized spacial score (nSPS) is 46.6. The summed E-state index contributed by atoms with van der Waals surface area (Å²) in [6.45, 7) is 2.84. The van der Waals surface area contributed by atoms with Gasteiger partial charge in [-0.15, -0.1) is 0 Å². The molecule has 2 saturated carbocycles. The molecule has 4 rings (SSSR count). The maximum atomic E-state index is 11.4. The van der Waals surface area contributed by atoms with Gasteiger partial charge < -0.3 is 66.9 Å². The maximum Gasteiger partial charge on any atom is 0.215 e. The number of aliphatic hydroxyl groups is 3. The van der Waals surface area contributed by atoms with Crippen molar-refractivity contribution in [1.29, 1.82) is 0 Å². The van der Waals surface area contributed by atoms with Gasteiger partial charge in [0.2, 0.25) is 6.29 Å². The summed E-state index contributed by atoms with van der Waals surface area (Å²) >= 11 is 0. The average molecular weight is 558 g/mol. The van der Waals surface area contributed by atoms with E-state index in [0.29, 0.717) is 37.1 Å². The van der Waals surface area contributed by atoms with E-state index in [-0.39, 0.29) is 13.0 Å². The van der Waals surface area contributed by atoms with E-state index in [1.54, 1.807) is 14.0 Å². The van der Waals surface area contributed by atoms with Gasteiger partial charge in [-0.05, 0) is 64.1 Å². The fourth-order valence-corrected chi connectivity index (χ4v) is 6.20. The molecule has 0 amide bonds. The number of aldehydes is 1. The average Bonchev–Trinajstić information content (AvgIpc) is 2.86. The number of nitrogens with two attached hydrogens (primary N) is 3. The van der Waals surface area contributed by atoms with Gasteiger partial charge in [-0.25, -0.2) is 0 Å². The van der Waals surface area contributed by atoms with Crippen LogP contribution < -0.4 is 27.8 Å². The number of nitrogens with one attached hydrogen (secondary N) is 2. The number of ether oxygens (including phenoxy) is 4. The first-order valence-electron chi connectivity index (χ1n) is 14.0. The number of hydrogen-bond acceptors (Lipinski definition) is 13. The van der Waals surface area contributed by atoms with Crippen LogP contribution in [0.4, 0.5) is 0 Å². The minimum Gasteiger partial charge on any atom is -0.467 e. The smallest absolute Gasteiger partial charge is 0.215 e. The summed E-state index contributed by atoms with van der Waals surface area (Å²) in [5.74, 6) is 0.852. The van der Waals surface area contributed by atoms with Crippen molar-refractivity contribution in [3.05, 3.63) is 11.8 Å². The van der Waals surface area contributed by atoms with E-state index in [1.165, 1.54) is 0 Å². The van der Waals surface area contributed by atoms with Crippen LogP contribution in [0, 0.1) is 11.8 Å². The molecule has 2 heterocycles. The van der Waals surface area contributed by atoms with Gasteiger partial charge in [0.1, 0.15) is 36.0 Å². The molecule has 1 saturated heterocycles. The molecule has 0 bridgehead atoms. The fourth-order valence-electron chi connectivity index (χ4n) is 6.20. The third kappa shape index (κ3) is 7.16. The Bertz CT molecular complexity index is 843. The molecule has 3 fully saturated rings. The van der Waals surface area contributed by atoms with Crippen LogP contribution in [0.3, 0.4) is 0 Å². The Labute approximate surface area is 229 Å². The van der Waals surface area contributed by atoms with E-state index in [4.69, 9.17) is 36.1 Å². The molecule has 2 aliphatic heterocycles. The van der Waals surface area contributed by atoms with E-state index in [9.17, 15) is 20.1 Å². The first kappa shape index (κ1) is 30.7. The Hall–Kier alpha value is -1.23. The molecule has 4 aliphatic rings. The molecule has 0 spiro atoms. The Morgan fingerprint density at radius 1 is 1.10 bits per heavy atom. The van der Waals surface area contributed by atoms with E-state index >= 15 is 0 Å². The molecule has 39 heavy (non-hydrogen) atoms. The highest BCUT2D eigenvalue weighted by molar-refractivity contribution is 5.50. The Balaban J connectivity index is 1.39. The van der Waals surface area contributed by atoms with Crippen LogP contribution in [0.1, 0.15) is 39.0 Å². The number of likely N-dealkylation sites (N-methyl/N-ethyl adjacent to an activating group) is 1. The summed E-state index contributed by atoms with van der Waals surface area (Å²) in [7, 11) is 1.62. The lowest BCUT2D eigenvalue weighted by molar-refractivity contribution is -0.308. The lowest BCUT2D eigenvalue weighted by Gasteiger charge is -2.48. The molecule has 224 valence electrons. The lowest BCUT2D eigenvalue weighted by Crippen LogP contribution is -2.67. The van der Waals surface area contributed by atoms with Crippen molar-refractivity contribution in [2.75, 3.05) is 26.7 Å². The first-order valence-corrected chi connectivity index (χ1v) is 14.0. The maximum absolute atomic E-state index is 11.4. The first-order chi connectivity index (χ1) is 18.5. The molecule has 11 N–H and O–H groups in total. The van der Waals surface area contributed by atoms with Crippen LogP contribution in [0.2, 0.25) is 0 Å². The zero-order valence-corrected chi connectivity index (χ0v) is 22.9. The molecule has 0 aromatic rings. The highest BCUT2D eigenvalue weighted by Gasteiger charge is 2.51.